The maximum atomic E-state index is 11.0. The third-order valence-corrected chi connectivity index (χ3v) is 3.01. The Bertz CT molecular complexity index is 681. The average molecular weight is 282 g/mol. The van der Waals surface area contributed by atoms with Crippen molar-refractivity contribution >= 4 is 23.3 Å². The van der Waals surface area contributed by atoms with Crippen molar-refractivity contribution in [2.45, 2.75) is 6.92 Å². The van der Waals surface area contributed by atoms with Crippen LogP contribution in [0.1, 0.15) is 15.9 Å². The summed E-state index contributed by atoms with van der Waals surface area (Å²) < 4.78 is 1.14. The predicted molar refractivity (Wildman–Crippen MR) is 66.9 cm³/mol. The Hall–Kier alpha value is -2.41. The molecule has 1 heterocycles. The molecule has 0 unspecified atom stereocenters. The van der Waals surface area contributed by atoms with Gasteiger partial charge in [-0.1, -0.05) is 11.6 Å². The van der Waals surface area contributed by atoms with Crippen LogP contribution in [0, 0.1) is 17.0 Å². The Morgan fingerprint density at radius 2 is 2.21 bits per heavy atom. The molecule has 2 aromatic rings. The van der Waals surface area contributed by atoms with E-state index in [0.29, 0.717) is 10.6 Å². The number of carbonyl (C=O) groups is 1. The number of aromatic nitrogens is 2. The lowest BCUT2D eigenvalue weighted by molar-refractivity contribution is -0.384. The van der Waals surface area contributed by atoms with E-state index in [1.54, 1.807) is 6.92 Å². The molecular formula is C11H8ClN3O4. The Labute approximate surface area is 112 Å². The summed E-state index contributed by atoms with van der Waals surface area (Å²) in [7, 11) is 0. The molecule has 0 amide bonds. The van der Waals surface area contributed by atoms with Gasteiger partial charge in [-0.3, -0.25) is 10.1 Å². The molecule has 2 rings (SSSR count). The lowest BCUT2D eigenvalue weighted by Crippen LogP contribution is -2.03. The van der Waals surface area contributed by atoms with Crippen LogP contribution in [-0.2, 0) is 0 Å². The first kappa shape index (κ1) is 13.0. The molecule has 0 radical (unpaired) electrons. The smallest absolute Gasteiger partial charge is 0.338 e. The second-order valence-corrected chi connectivity index (χ2v) is 4.18. The number of benzene rings is 1. The number of nitrogens with zero attached hydrogens (tertiary/aromatic N) is 3. The molecule has 0 atom stereocenters. The summed E-state index contributed by atoms with van der Waals surface area (Å²) in [5.41, 5.74) is 0.358. The van der Waals surface area contributed by atoms with Crippen LogP contribution in [-0.4, -0.2) is 25.8 Å². The van der Waals surface area contributed by atoms with Crippen molar-refractivity contribution in [3.63, 3.8) is 0 Å². The van der Waals surface area contributed by atoms with E-state index in [0.717, 1.165) is 10.9 Å². The molecule has 0 spiro atoms. The number of nitro benzene ring substituents is 1. The maximum absolute atomic E-state index is 11.0. The van der Waals surface area contributed by atoms with Gasteiger partial charge in [-0.25, -0.2) is 9.48 Å². The second kappa shape index (κ2) is 4.69. The Morgan fingerprint density at radius 3 is 2.74 bits per heavy atom. The van der Waals surface area contributed by atoms with Gasteiger partial charge in [0.2, 0.25) is 0 Å². The van der Waals surface area contributed by atoms with Crippen molar-refractivity contribution in [3.8, 4) is 5.69 Å². The van der Waals surface area contributed by atoms with Crippen molar-refractivity contribution in [3.05, 3.63) is 50.8 Å². The van der Waals surface area contributed by atoms with Crippen LogP contribution in [0.4, 0.5) is 5.69 Å². The standard InChI is InChI=1S/C11H8ClN3O4/c1-6-8(12)2-3-9(15(18)19)10(6)14-5-7(4-13-14)11(16)17/h2-5H,1H3,(H,16,17). The first-order valence-corrected chi connectivity index (χ1v) is 5.51. The van der Waals surface area contributed by atoms with E-state index >= 15 is 0 Å². The number of carboxylic acids is 1. The summed E-state index contributed by atoms with van der Waals surface area (Å²) in [6.45, 7) is 1.60. The van der Waals surface area contributed by atoms with Crippen LogP contribution >= 0.6 is 11.6 Å². The van der Waals surface area contributed by atoms with Crippen molar-refractivity contribution in [2.75, 3.05) is 0 Å². The molecule has 0 aliphatic heterocycles. The van der Waals surface area contributed by atoms with Crippen molar-refractivity contribution < 1.29 is 14.8 Å². The molecule has 7 nitrogen and oxygen atoms in total. The van der Waals surface area contributed by atoms with Gasteiger partial charge < -0.3 is 5.11 Å². The maximum Gasteiger partial charge on any atom is 0.338 e. The summed E-state index contributed by atoms with van der Waals surface area (Å²) in [6.07, 6.45) is 2.32. The molecule has 0 aliphatic rings. The number of rotatable bonds is 3. The highest BCUT2D eigenvalue weighted by molar-refractivity contribution is 6.31. The normalized spacial score (nSPS) is 10.4. The van der Waals surface area contributed by atoms with E-state index in [1.807, 2.05) is 0 Å². The predicted octanol–water partition coefficient (Wildman–Crippen LogP) is 2.44. The summed E-state index contributed by atoms with van der Waals surface area (Å²) in [4.78, 5) is 21.2. The average Bonchev–Trinajstić information content (AvgIpc) is 2.81. The molecule has 0 bridgehead atoms. The minimum atomic E-state index is -1.16. The van der Waals surface area contributed by atoms with Gasteiger partial charge >= 0.3 is 5.97 Å². The molecule has 19 heavy (non-hydrogen) atoms. The van der Waals surface area contributed by atoms with E-state index in [4.69, 9.17) is 16.7 Å². The Balaban J connectivity index is 2.68. The zero-order chi connectivity index (χ0) is 14.2. The molecule has 1 aromatic carbocycles. The lowest BCUT2D eigenvalue weighted by atomic mass is 10.1. The molecule has 98 valence electrons. The Morgan fingerprint density at radius 1 is 1.53 bits per heavy atom. The van der Waals surface area contributed by atoms with Gasteiger partial charge in [-0.2, -0.15) is 5.10 Å². The molecule has 0 saturated carbocycles. The van der Waals surface area contributed by atoms with Crippen LogP contribution < -0.4 is 0 Å². The highest BCUT2D eigenvalue weighted by Crippen LogP contribution is 2.31. The topological polar surface area (TPSA) is 98.3 Å². The van der Waals surface area contributed by atoms with E-state index in [9.17, 15) is 14.9 Å². The van der Waals surface area contributed by atoms with Gasteiger partial charge in [0.15, 0.2) is 0 Å². The highest BCUT2D eigenvalue weighted by atomic mass is 35.5. The third-order valence-electron chi connectivity index (χ3n) is 2.60. The summed E-state index contributed by atoms with van der Waals surface area (Å²) in [5, 5.41) is 24.0. The Kier molecular flexibility index (Phi) is 3.22. The van der Waals surface area contributed by atoms with Crippen LogP contribution in [0.3, 0.4) is 0 Å². The molecule has 0 aliphatic carbocycles. The zero-order valence-electron chi connectivity index (χ0n) is 9.70. The van der Waals surface area contributed by atoms with Gasteiger partial charge in [0.05, 0.1) is 16.7 Å². The first-order chi connectivity index (χ1) is 8.91. The first-order valence-electron chi connectivity index (χ1n) is 5.13. The summed E-state index contributed by atoms with van der Waals surface area (Å²) in [6, 6.07) is 2.67. The zero-order valence-corrected chi connectivity index (χ0v) is 10.5. The fourth-order valence-corrected chi connectivity index (χ4v) is 1.81. The number of halogens is 1. The monoisotopic (exact) mass is 281 g/mol. The van der Waals surface area contributed by atoms with Gasteiger partial charge in [0.25, 0.3) is 5.69 Å². The van der Waals surface area contributed by atoms with E-state index in [2.05, 4.69) is 5.10 Å². The quantitative estimate of drug-likeness (QED) is 0.688. The van der Waals surface area contributed by atoms with Crippen molar-refractivity contribution in [2.24, 2.45) is 0 Å². The van der Waals surface area contributed by atoms with E-state index in [1.165, 1.54) is 18.3 Å². The summed E-state index contributed by atoms with van der Waals surface area (Å²) in [5.74, 6) is -1.16. The number of hydrogen-bond donors (Lipinski definition) is 1. The summed E-state index contributed by atoms with van der Waals surface area (Å²) >= 11 is 5.93. The lowest BCUT2D eigenvalue weighted by Gasteiger charge is -2.08. The fraction of sp³-hybridized carbons (Fsp3) is 0.0909. The van der Waals surface area contributed by atoms with Crippen LogP contribution in [0.15, 0.2) is 24.5 Å². The van der Waals surface area contributed by atoms with Crippen LogP contribution in [0.25, 0.3) is 5.69 Å². The molecule has 8 heteroatoms. The van der Waals surface area contributed by atoms with Crippen LogP contribution in [0.2, 0.25) is 5.02 Å². The number of aromatic carboxylic acids is 1. The molecule has 1 N–H and O–H groups in total. The molecular weight excluding hydrogens is 274 g/mol. The SMILES string of the molecule is Cc1c(Cl)ccc([N+](=O)[O-])c1-n1cc(C(=O)O)cn1. The fourth-order valence-electron chi connectivity index (χ4n) is 1.65. The molecule has 0 saturated heterocycles. The molecule has 0 fully saturated rings. The van der Waals surface area contributed by atoms with Gasteiger partial charge in [-0.15, -0.1) is 0 Å². The van der Waals surface area contributed by atoms with Crippen LogP contribution in [0.5, 0.6) is 0 Å². The third kappa shape index (κ3) is 2.27. The van der Waals surface area contributed by atoms with Gasteiger partial charge in [-0.05, 0) is 13.0 Å². The number of carboxylic acid groups (broad SMARTS) is 1. The highest BCUT2D eigenvalue weighted by Gasteiger charge is 2.21. The van der Waals surface area contributed by atoms with E-state index in [-0.39, 0.29) is 16.9 Å². The number of nitro groups is 1. The molecule has 1 aromatic heterocycles. The second-order valence-electron chi connectivity index (χ2n) is 3.78. The minimum absolute atomic E-state index is 0.0614. The number of hydrogen-bond acceptors (Lipinski definition) is 4. The minimum Gasteiger partial charge on any atom is -0.478 e. The van der Waals surface area contributed by atoms with E-state index < -0.39 is 10.9 Å². The van der Waals surface area contributed by atoms with Gasteiger partial charge in [0.1, 0.15) is 5.69 Å². The van der Waals surface area contributed by atoms with Gasteiger partial charge in [0, 0.05) is 22.8 Å². The largest absolute Gasteiger partial charge is 0.478 e. The van der Waals surface area contributed by atoms with Crippen molar-refractivity contribution in [1.29, 1.82) is 0 Å². The van der Waals surface area contributed by atoms with Crippen molar-refractivity contribution in [1.82, 2.24) is 9.78 Å².